The molecule has 2 nitrogen and oxygen atoms in total. The van der Waals surface area contributed by atoms with Crippen molar-refractivity contribution in [2.24, 2.45) is 5.92 Å². The highest BCUT2D eigenvalue weighted by atomic mass is 35.5. The molecule has 0 aliphatic carbocycles. The van der Waals surface area contributed by atoms with Crippen LogP contribution in [0.15, 0.2) is 42.5 Å². The van der Waals surface area contributed by atoms with Gasteiger partial charge in [-0.15, -0.1) is 0 Å². The van der Waals surface area contributed by atoms with Crippen LogP contribution in [0, 0.1) is 5.92 Å². The lowest BCUT2D eigenvalue weighted by atomic mass is 9.75. The molecule has 0 spiro atoms. The fraction of sp³-hybridized carbons (Fsp3) is 0.400. The Bertz CT molecular complexity index is 707. The quantitative estimate of drug-likeness (QED) is 0.752. The van der Waals surface area contributed by atoms with Gasteiger partial charge in [0.25, 0.3) is 0 Å². The van der Waals surface area contributed by atoms with Crippen LogP contribution in [0.25, 0.3) is 0 Å². The van der Waals surface area contributed by atoms with Gasteiger partial charge in [0, 0.05) is 16.5 Å². The first kappa shape index (κ1) is 15.0. The molecule has 3 heteroatoms. The highest BCUT2D eigenvalue weighted by Gasteiger charge is 2.32. The van der Waals surface area contributed by atoms with Gasteiger partial charge in [-0.1, -0.05) is 35.9 Å². The van der Waals surface area contributed by atoms with Crippen molar-refractivity contribution in [3.63, 3.8) is 0 Å². The topological polar surface area (TPSA) is 12.5 Å². The second-order valence-corrected chi connectivity index (χ2v) is 7.22. The molecule has 2 heterocycles. The van der Waals surface area contributed by atoms with E-state index in [-0.39, 0.29) is 0 Å². The smallest absolute Gasteiger partial charge is 0.123 e. The molecule has 0 bridgehead atoms. The summed E-state index contributed by atoms with van der Waals surface area (Å²) in [6.07, 6.45) is 2.47. The number of hydrogen-bond acceptors (Lipinski definition) is 2. The van der Waals surface area contributed by atoms with Crippen molar-refractivity contribution in [2.75, 3.05) is 20.1 Å². The molecule has 1 saturated heterocycles. The molecule has 0 saturated carbocycles. The van der Waals surface area contributed by atoms with Gasteiger partial charge in [-0.05, 0) is 68.2 Å². The molecule has 120 valence electrons. The summed E-state index contributed by atoms with van der Waals surface area (Å²) in [6.45, 7) is 2.95. The maximum atomic E-state index is 6.23. The van der Waals surface area contributed by atoms with Crippen LogP contribution in [0.4, 0.5) is 0 Å². The molecule has 0 radical (unpaired) electrons. The summed E-state index contributed by atoms with van der Waals surface area (Å²) < 4.78 is 6.10. The number of halogens is 1. The van der Waals surface area contributed by atoms with Gasteiger partial charge < -0.3 is 9.64 Å². The lowest BCUT2D eigenvalue weighted by Crippen LogP contribution is -2.33. The Morgan fingerprint density at radius 2 is 1.83 bits per heavy atom. The molecule has 2 aromatic rings. The number of benzene rings is 2. The SMILES string of the molecule is CN1CCC(C2c3ccc(Cl)cc3COc3ccccc32)CC1. The molecule has 2 aliphatic rings. The number of hydrogen-bond donors (Lipinski definition) is 0. The minimum Gasteiger partial charge on any atom is -0.489 e. The number of rotatable bonds is 1. The number of nitrogens with zero attached hydrogens (tertiary/aromatic N) is 1. The second kappa shape index (κ2) is 6.18. The van der Waals surface area contributed by atoms with Crippen LogP contribution >= 0.6 is 11.6 Å². The van der Waals surface area contributed by atoms with Crippen molar-refractivity contribution in [2.45, 2.75) is 25.4 Å². The van der Waals surface area contributed by atoms with E-state index in [2.05, 4.69) is 48.3 Å². The monoisotopic (exact) mass is 327 g/mol. The minimum absolute atomic E-state index is 0.412. The summed E-state index contributed by atoms with van der Waals surface area (Å²) in [5.41, 5.74) is 3.97. The average molecular weight is 328 g/mol. The summed E-state index contributed by atoms with van der Waals surface area (Å²) in [5.74, 6) is 2.10. The summed E-state index contributed by atoms with van der Waals surface area (Å²) >= 11 is 6.23. The lowest BCUT2D eigenvalue weighted by Gasteiger charge is -2.35. The van der Waals surface area contributed by atoms with Crippen molar-refractivity contribution in [3.8, 4) is 5.75 Å². The van der Waals surface area contributed by atoms with Crippen molar-refractivity contribution < 1.29 is 4.74 Å². The van der Waals surface area contributed by atoms with Crippen LogP contribution in [0.1, 0.15) is 35.4 Å². The summed E-state index contributed by atoms with van der Waals surface area (Å²) in [4.78, 5) is 2.43. The van der Waals surface area contributed by atoms with Crippen molar-refractivity contribution in [1.29, 1.82) is 0 Å². The minimum atomic E-state index is 0.412. The van der Waals surface area contributed by atoms with Crippen molar-refractivity contribution in [1.82, 2.24) is 4.90 Å². The summed E-state index contributed by atoms with van der Waals surface area (Å²) in [5, 5.41) is 0.792. The predicted octanol–water partition coefficient (Wildman–Crippen LogP) is 4.71. The third kappa shape index (κ3) is 2.86. The first-order valence-corrected chi connectivity index (χ1v) is 8.79. The van der Waals surface area contributed by atoms with Crippen LogP contribution in [0.3, 0.4) is 0 Å². The number of fused-ring (bicyclic) bond motifs is 2. The van der Waals surface area contributed by atoms with Crippen molar-refractivity contribution in [3.05, 3.63) is 64.2 Å². The third-order valence-corrected chi connectivity index (χ3v) is 5.55. The molecule has 23 heavy (non-hydrogen) atoms. The predicted molar refractivity (Wildman–Crippen MR) is 94.3 cm³/mol. The molecule has 4 rings (SSSR count). The van der Waals surface area contributed by atoms with E-state index in [1.807, 2.05) is 6.07 Å². The summed E-state index contributed by atoms with van der Waals surface area (Å²) in [7, 11) is 2.22. The zero-order valence-corrected chi connectivity index (χ0v) is 14.2. The first-order chi connectivity index (χ1) is 11.2. The van der Waals surface area contributed by atoms with Crippen LogP contribution in [0.2, 0.25) is 5.02 Å². The van der Waals surface area contributed by atoms with E-state index in [0.717, 1.165) is 10.8 Å². The Labute approximate surface area is 143 Å². The highest BCUT2D eigenvalue weighted by Crippen LogP contribution is 2.45. The molecule has 0 N–H and O–H groups in total. The van der Waals surface area contributed by atoms with Crippen LogP contribution in [-0.2, 0) is 6.61 Å². The maximum absolute atomic E-state index is 6.23. The second-order valence-electron chi connectivity index (χ2n) is 6.79. The number of likely N-dealkylation sites (tertiary alicyclic amines) is 1. The van der Waals surface area contributed by atoms with Gasteiger partial charge in [0.1, 0.15) is 12.4 Å². The molecule has 1 fully saturated rings. The van der Waals surface area contributed by atoms with Crippen LogP contribution < -0.4 is 4.74 Å². The Kier molecular flexibility index (Phi) is 4.04. The van der Waals surface area contributed by atoms with E-state index in [0.29, 0.717) is 18.4 Å². The lowest BCUT2D eigenvalue weighted by molar-refractivity contribution is 0.207. The molecular weight excluding hydrogens is 306 g/mol. The van der Waals surface area contributed by atoms with Gasteiger partial charge >= 0.3 is 0 Å². The molecule has 1 unspecified atom stereocenters. The van der Waals surface area contributed by atoms with E-state index in [1.54, 1.807) is 0 Å². The Hall–Kier alpha value is -1.51. The number of piperidine rings is 1. The zero-order valence-electron chi connectivity index (χ0n) is 13.5. The molecule has 1 atom stereocenters. The number of para-hydroxylation sites is 1. The van der Waals surface area contributed by atoms with Gasteiger partial charge in [-0.2, -0.15) is 0 Å². The molecular formula is C20H22ClNO. The van der Waals surface area contributed by atoms with Crippen LogP contribution in [0.5, 0.6) is 5.75 Å². The normalized spacial score (nSPS) is 21.9. The standard InChI is InChI=1S/C20H22ClNO/c1-22-10-8-14(9-11-22)20-17-7-6-16(21)12-15(17)13-23-19-5-3-2-4-18(19)20/h2-7,12,14,20H,8-11,13H2,1H3. The fourth-order valence-corrected chi connectivity index (χ4v) is 4.26. The van der Waals surface area contributed by atoms with E-state index in [4.69, 9.17) is 16.3 Å². The Balaban J connectivity index is 1.81. The molecule has 0 amide bonds. The van der Waals surface area contributed by atoms with E-state index in [9.17, 15) is 0 Å². The Morgan fingerprint density at radius 1 is 1.04 bits per heavy atom. The fourth-order valence-electron chi connectivity index (χ4n) is 4.06. The number of ether oxygens (including phenoxy) is 1. The Morgan fingerprint density at radius 3 is 2.65 bits per heavy atom. The van der Waals surface area contributed by atoms with Crippen LogP contribution in [-0.4, -0.2) is 25.0 Å². The zero-order chi connectivity index (χ0) is 15.8. The van der Waals surface area contributed by atoms with Gasteiger partial charge in [0.05, 0.1) is 0 Å². The average Bonchev–Trinajstić information content (AvgIpc) is 2.72. The highest BCUT2D eigenvalue weighted by molar-refractivity contribution is 6.30. The van der Waals surface area contributed by atoms with E-state index in [1.165, 1.54) is 42.6 Å². The molecule has 0 aromatic heterocycles. The summed E-state index contributed by atoms with van der Waals surface area (Å²) in [6, 6.07) is 14.8. The first-order valence-electron chi connectivity index (χ1n) is 8.41. The third-order valence-electron chi connectivity index (χ3n) is 5.31. The van der Waals surface area contributed by atoms with Gasteiger partial charge in [0.2, 0.25) is 0 Å². The van der Waals surface area contributed by atoms with Gasteiger partial charge in [-0.25, -0.2) is 0 Å². The molecule has 2 aromatic carbocycles. The largest absolute Gasteiger partial charge is 0.489 e. The maximum Gasteiger partial charge on any atom is 0.123 e. The van der Waals surface area contributed by atoms with Gasteiger partial charge in [-0.3, -0.25) is 0 Å². The van der Waals surface area contributed by atoms with E-state index < -0.39 is 0 Å². The molecule has 2 aliphatic heterocycles. The van der Waals surface area contributed by atoms with Gasteiger partial charge in [0.15, 0.2) is 0 Å². The van der Waals surface area contributed by atoms with Crippen molar-refractivity contribution >= 4 is 11.6 Å². The van der Waals surface area contributed by atoms with E-state index >= 15 is 0 Å².